The summed E-state index contributed by atoms with van der Waals surface area (Å²) in [6, 6.07) is 8.34. The van der Waals surface area contributed by atoms with E-state index in [1.807, 2.05) is 0 Å². The molecule has 0 spiro atoms. The highest BCUT2D eigenvalue weighted by atomic mass is 32.1. The standard InChI is InChI=1S/C13H16N4S/c1-10-3-2-4-11(9-10)12-15-13(18-16-12)17-7-5-14-6-8-17/h2-4,9,14H,5-8H2,1H3. The van der Waals surface area contributed by atoms with Gasteiger partial charge >= 0.3 is 0 Å². The molecule has 1 aliphatic rings. The Bertz CT molecular complexity index is 531. The van der Waals surface area contributed by atoms with E-state index in [9.17, 15) is 0 Å². The van der Waals surface area contributed by atoms with Crippen molar-refractivity contribution in [3.8, 4) is 11.4 Å². The number of piperazine rings is 1. The second-order valence-electron chi connectivity index (χ2n) is 4.51. The molecule has 0 saturated carbocycles. The van der Waals surface area contributed by atoms with Crippen LogP contribution < -0.4 is 10.2 Å². The van der Waals surface area contributed by atoms with Crippen LogP contribution in [0.25, 0.3) is 11.4 Å². The van der Waals surface area contributed by atoms with E-state index in [0.29, 0.717) is 0 Å². The van der Waals surface area contributed by atoms with Crippen LogP contribution in [0, 0.1) is 6.92 Å². The molecule has 1 aliphatic heterocycles. The van der Waals surface area contributed by atoms with Gasteiger partial charge in [-0.3, -0.25) is 0 Å². The van der Waals surface area contributed by atoms with Crippen LogP contribution in [0.1, 0.15) is 5.56 Å². The quantitative estimate of drug-likeness (QED) is 0.895. The van der Waals surface area contributed by atoms with E-state index in [1.54, 1.807) is 0 Å². The largest absolute Gasteiger partial charge is 0.344 e. The molecule has 1 saturated heterocycles. The molecular formula is C13H16N4S. The number of nitrogens with one attached hydrogen (secondary N) is 1. The SMILES string of the molecule is Cc1cccc(-c2nsc(N3CCNCC3)n2)c1. The molecule has 94 valence electrons. The van der Waals surface area contributed by atoms with Crippen molar-refractivity contribution in [2.45, 2.75) is 6.92 Å². The number of benzene rings is 1. The Hall–Kier alpha value is -1.46. The summed E-state index contributed by atoms with van der Waals surface area (Å²) >= 11 is 1.49. The molecule has 2 aromatic rings. The van der Waals surface area contributed by atoms with E-state index in [1.165, 1.54) is 17.1 Å². The third-order valence-corrected chi connectivity index (χ3v) is 3.86. The minimum atomic E-state index is 0.845. The zero-order valence-electron chi connectivity index (χ0n) is 10.4. The molecule has 1 aromatic carbocycles. The summed E-state index contributed by atoms with van der Waals surface area (Å²) in [7, 11) is 0. The third-order valence-electron chi connectivity index (χ3n) is 3.08. The molecule has 1 aromatic heterocycles. The van der Waals surface area contributed by atoms with Crippen molar-refractivity contribution in [1.82, 2.24) is 14.7 Å². The maximum absolute atomic E-state index is 4.65. The maximum atomic E-state index is 4.65. The van der Waals surface area contributed by atoms with Crippen LogP contribution >= 0.6 is 11.5 Å². The van der Waals surface area contributed by atoms with E-state index < -0.39 is 0 Å². The predicted octanol–water partition coefficient (Wildman–Crippen LogP) is 1.92. The van der Waals surface area contributed by atoms with Gasteiger partial charge in [-0.2, -0.15) is 9.36 Å². The Morgan fingerprint density at radius 2 is 2.11 bits per heavy atom. The first-order chi connectivity index (χ1) is 8.83. The molecule has 3 rings (SSSR count). The smallest absolute Gasteiger partial charge is 0.205 e. The van der Waals surface area contributed by atoms with Gasteiger partial charge in [0.25, 0.3) is 0 Å². The molecule has 5 heteroatoms. The summed E-state index contributed by atoms with van der Waals surface area (Å²) in [5, 5.41) is 4.38. The van der Waals surface area contributed by atoms with Gasteiger partial charge < -0.3 is 10.2 Å². The normalized spacial score (nSPS) is 15.9. The van der Waals surface area contributed by atoms with E-state index in [4.69, 9.17) is 0 Å². The van der Waals surface area contributed by atoms with E-state index >= 15 is 0 Å². The maximum Gasteiger partial charge on any atom is 0.205 e. The molecule has 0 unspecified atom stereocenters. The fourth-order valence-electron chi connectivity index (χ4n) is 2.10. The number of rotatable bonds is 2. The zero-order valence-corrected chi connectivity index (χ0v) is 11.2. The summed E-state index contributed by atoms with van der Waals surface area (Å²) < 4.78 is 4.47. The molecule has 0 radical (unpaired) electrons. The lowest BCUT2D eigenvalue weighted by Crippen LogP contribution is -2.43. The minimum Gasteiger partial charge on any atom is -0.344 e. The fraction of sp³-hybridized carbons (Fsp3) is 0.385. The van der Waals surface area contributed by atoms with Crippen LogP contribution in [0.15, 0.2) is 24.3 Å². The molecule has 0 atom stereocenters. The topological polar surface area (TPSA) is 41.1 Å². The summed E-state index contributed by atoms with van der Waals surface area (Å²) in [6.45, 7) is 6.18. The second-order valence-corrected chi connectivity index (χ2v) is 5.24. The van der Waals surface area contributed by atoms with Gasteiger partial charge in [-0.25, -0.2) is 0 Å². The lowest BCUT2D eigenvalue weighted by molar-refractivity contribution is 0.588. The Balaban J connectivity index is 1.84. The number of hydrogen-bond donors (Lipinski definition) is 1. The highest BCUT2D eigenvalue weighted by Gasteiger charge is 2.15. The lowest BCUT2D eigenvalue weighted by atomic mass is 10.1. The van der Waals surface area contributed by atoms with Crippen LogP contribution in [0.2, 0.25) is 0 Å². The Labute approximate surface area is 111 Å². The molecule has 1 fully saturated rings. The van der Waals surface area contributed by atoms with Crippen LogP contribution in [0.3, 0.4) is 0 Å². The monoisotopic (exact) mass is 260 g/mol. The molecule has 0 amide bonds. The number of aromatic nitrogens is 2. The first-order valence-electron chi connectivity index (χ1n) is 6.19. The summed E-state index contributed by atoms with van der Waals surface area (Å²) in [5.74, 6) is 0.845. The molecule has 0 bridgehead atoms. The van der Waals surface area contributed by atoms with Crippen molar-refractivity contribution < 1.29 is 0 Å². The van der Waals surface area contributed by atoms with Gasteiger partial charge in [-0.05, 0) is 13.0 Å². The predicted molar refractivity (Wildman–Crippen MR) is 75.2 cm³/mol. The van der Waals surface area contributed by atoms with Crippen molar-refractivity contribution in [3.63, 3.8) is 0 Å². The molecule has 2 heterocycles. The minimum absolute atomic E-state index is 0.845. The van der Waals surface area contributed by atoms with Crippen molar-refractivity contribution in [3.05, 3.63) is 29.8 Å². The number of anilines is 1. The zero-order chi connectivity index (χ0) is 12.4. The van der Waals surface area contributed by atoms with Crippen LogP contribution in [-0.2, 0) is 0 Å². The van der Waals surface area contributed by atoms with Crippen molar-refractivity contribution in [2.24, 2.45) is 0 Å². The molecule has 0 aliphatic carbocycles. The van der Waals surface area contributed by atoms with Gasteiger partial charge in [-0.1, -0.05) is 23.8 Å². The molecular weight excluding hydrogens is 244 g/mol. The van der Waals surface area contributed by atoms with Crippen molar-refractivity contribution in [1.29, 1.82) is 0 Å². The van der Waals surface area contributed by atoms with Gasteiger partial charge in [0.15, 0.2) is 5.82 Å². The summed E-state index contributed by atoms with van der Waals surface area (Å²) in [6.07, 6.45) is 0. The number of aryl methyl sites for hydroxylation is 1. The molecule has 18 heavy (non-hydrogen) atoms. The van der Waals surface area contributed by atoms with Crippen LogP contribution in [-0.4, -0.2) is 35.5 Å². The van der Waals surface area contributed by atoms with Gasteiger partial charge in [0.1, 0.15) is 0 Å². The highest BCUT2D eigenvalue weighted by molar-refractivity contribution is 7.09. The van der Waals surface area contributed by atoms with Crippen LogP contribution in [0.4, 0.5) is 5.13 Å². The van der Waals surface area contributed by atoms with E-state index in [2.05, 4.69) is 50.8 Å². The lowest BCUT2D eigenvalue weighted by Gasteiger charge is -2.26. The Morgan fingerprint density at radius 3 is 2.89 bits per heavy atom. The van der Waals surface area contributed by atoms with Gasteiger partial charge in [0.2, 0.25) is 5.13 Å². The highest BCUT2D eigenvalue weighted by Crippen LogP contribution is 2.24. The average Bonchev–Trinajstić information content (AvgIpc) is 2.89. The summed E-state index contributed by atoms with van der Waals surface area (Å²) in [5.41, 5.74) is 2.35. The van der Waals surface area contributed by atoms with E-state index in [0.717, 1.165) is 42.7 Å². The second kappa shape index (κ2) is 5.04. The Kier molecular flexibility index (Phi) is 3.25. The molecule has 4 nitrogen and oxygen atoms in total. The van der Waals surface area contributed by atoms with Crippen LogP contribution in [0.5, 0.6) is 0 Å². The van der Waals surface area contributed by atoms with E-state index in [-0.39, 0.29) is 0 Å². The third kappa shape index (κ3) is 2.37. The Morgan fingerprint density at radius 1 is 1.28 bits per heavy atom. The fourth-order valence-corrected chi connectivity index (χ4v) is 2.84. The first kappa shape index (κ1) is 11.6. The summed E-state index contributed by atoms with van der Waals surface area (Å²) in [4.78, 5) is 6.95. The number of nitrogens with zero attached hydrogens (tertiary/aromatic N) is 3. The van der Waals surface area contributed by atoms with Crippen molar-refractivity contribution >= 4 is 16.7 Å². The van der Waals surface area contributed by atoms with Gasteiger partial charge in [-0.15, -0.1) is 0 Å². The van der Waals surface area contributed by atoms with Gasteiger partial charge in [0.05, 0.1) is 0 Å². The van der Waals surface area contributed by atoms with Crippen molar-refractivity contribution in [2.75, 3.05) is 31.1 Å². The molecule has 1 N–H and O–H groups in total. The van der Waals surface area contributed by atoms with Gasteiger partial charge in [0, 0.05) is 43.3 Å². The number of hydrogen-bond acceptors (Lipinski definition) is 5. The average molecular weight is 260 g/mol. The first-order valence-corrected chi connectivity index (χ1v) is 6.97.